The van der Waals surface area contributed by atoms with Crippen molar-refractivity contribution < 1.29 is 4.79 Å². The fourth-order valence-electron chi connectivity index (χ4n) is 1.90. The van der Waals surface area contributed by atoms with Gasteiger partial charge in [0, 0.05) is 23.9 Å². The van der Waals surface area contributed by atoms with Crippen LogP contribution in [-0.4, -0.2) is 22.8 Å². The molecule has 0 bridgehead atoms. The van der Waals surface area contributed by atoms with Crippen LogP contribution in [0.1, 0.15) is 28.9 Å². The maximum atomic E-state index is 12.5. The smallest absolute Gasteiger partial charge is 0.255 e. The average Bonchev–Trinajstić information content (AvgIpc) is 2.48. The third-order valence-corrected chi connectivity index (χ3v) is 4.57. The number of carbonyl (C=O) groups is 1. The van der Waals surface area contributed by atoms with Gasteiger partial charge in [0.25, 0.3) is 5.91 Å². The highest BCUT2D eigenvalue weighted by Crippen LogP contribution is 2.28. The molecule has 1 atom stereocenters. The molecule has 2 rings (SSSR count). The Labute approximate surface area is 131 Å². The molecule has 0 N–H and O–H groups in total. The first-order valence-electron chi connectivity index (χ1n) is 6.13. The Hall–Kier alpha value is -1.39. The number of hydrogen-bond donors (Lipinski definition) is 0. The van der Waals surface area contributed by atoms with Gasteiger partial charge in [-0.3, -0.25) is 9.78 Å². The van der Waals surface area contributed by atoms with E-state index in [9.17, 15) is 4.79 Å². The summed E-state index contributed by atoms with van der Waals surface area (Å²) < 4.78 is 0.718. The zero-order valence-corrected chi connectivity index (χ0v) is 13.5. The van der Waals surface area contributed by atoms with Gasteiger partial charge in [-0.25, -0.2) is 0 Å². The van der Waals surface area contributed by atoms with Gasteiger partial charge in [0.2, 0.25) is 0 Å². The zero-order valence-electron chi connectivity index (χ0n) is 11.2. The number of nitrogens with zero attached hydrogens (tertiary/aromatic N) is 2. The number of amides is 1. The molecule has 0 aliphatic carbocycles. The van der Waals surface area contributed by atoms with Gasteiger partial charge < -0.3 is 4.90 Å². The molecule has 0 radical (unpaired) electrons. The largest absolute Gasteiger partial charge is 0.335 e. The van der Waals surface area contributed by atoms with E-state index in [1.165, 1.54) is 0 Å². The number of pyridine rings is 1. The molecule has 2 aromatic rings. The molecule has 0 saturated carbocycles. The van der Waals surface area contributed by atoms with Gasteiger partial charge in [-0.05, 0) is 52.7 Å². The third-order valence-electron chi connectivity index (χ3n) is 3.27. The van der Waals surface area contributed by atoms with Crippen molar-refractivity contribution in [2.45, 2.75) is 13.0 Å². The first-order chi connectivity index (χ1) is 9.52. The minimum atomic E-state index is -0.111. The highest BCUT2D eigenvalue weighted by atomic mass is 79.9. The van der Waals surface area contributed by atoms with Crippen LogP contribution in [-0.2, 0) is 0 Å². The molecule has 0 aliphatic heterocycles. The Morgan fingerprint density at radius 3 is 2.60 bits per heavy atom. The minimum Gasteiger partial charge on any atom is -0.335 e. The molecule has 104 valence electrons. The van der Waals surface area contributed by atoms with Gasteiger partial charge in [-0.15, -0.1) is 0 Å². The van der Waals surface area contributed by atoms with Crippen LogP contribution in [0.25, 0.3) is 0 Å². The maximum Gasteiger partial charge on any atom is 0.255 e. The molecule has 5 heteroatoms. The lowest BCUT2D eigenvalue weighted by atomic mass is 10.1. The average molecular weight is 354 g/mol. The van der Waals surface area contributed by atoms with E-state index in [2.05, 4.69) is 20.9 Å². The molecule has 3 nitrogen and oxygen atoms in total. The van der Waals surface area contributed by atoms with Crippen LogP contribution in [0.3, 0.4) is 0 Å². The molecule has 0 spiro atoms. The molecule has 1 unspecified atom stereocenters. The highest BCUT2D eigenvalue weighted by molar-refractivity contribution is 9.10. The summed E-state index contributed by atoms with van der Waals surface area (Å²) >= 11 is 9.51. The second-order valence-corrected chi connectivity index (χ2v) is 5.71. The van der Waals surface area contributed by atoms with Crippen LogP contribution in [0.2, 0.25) is 5.02 Å². The van der Waals surface area contributed by atoms with Crippen molar-refractivity contribution in [1.29, 1.82) is 0 Å². The van der Waals surface area contributed by atoms with Crippen LogP contribution in [0.5, 0.6) is 0 Å². The number of rotatable bonds is 3. The van der Waals surface area contributed by atoms with Gasteiger partial charge in [0.15, 0.2) is 0 Å². The molecule has 1 aromatic heterocycles. The molecule has 0 saturated heterocycles. The summed E-state index contributed by atoms with van der Waals surface area (Å²) in [5.41, 5.74) is 1.52. The summed E-state index contributed by atoms with van der Waals surface area (Å²) in [7, 11) is 1.77. The molecule has 20 heavy (non-hydrogen) atoms. The van der Waals surface area contributed by atoms with Crippen LogP contribution in [0.4, 0.5) is 0 Å². The second kappa shape index (κ2) is 6.37. The summed E-state index contributed by atoms with van der Waals surface area (Å²) in [5, 5.41) is 0.436. The topological polar surface area (TPSA) is 33.2 Å². The van der Waals surface area contributed by atoms with Crippen LogP contribution >= 0.6 is 27.5 Å². The summed E-state index contributed by atoms with van der Waals surface area (Å²) in [6.07, 6.45) is 3.44. The normalized spacial score (nSPS) is 12.0. The monoisotopic (exact) mass is 352 g/mol. The van der Waals surface area contributed by atoms with E-state index in [0.717, 1.165) is 10.0 Å². The van der Waals surface area contributed by atoms with Gasteiger partial charge in [0.1, 0.15) is 0 Å². The zero-order chi connectivity index (χ0) is 14.7. The molecule has 1 amide bonds. The minimum absolute atomic E-state index is 0.0550. The van der Waals surface area contributed by atoms with Crippen molar-refractivity contribution in [1.82, 2.24) is 9.88 Å². The fraction of sp³-hybridized carbons (Fsp3) is 0.200. The summed E-state index contributed by atoms with van der Waals surface area (Å²) in [6, 6.07) is 9.08. The van der Waals surface area contributed by atoms with E-state index in [1.807, 2.05) is 25.1 Å². The standard InChI is InChI=1S/C15H14BrClN2O/c1-10(11-6-8-18-9-7-11)19(2)15(20)12-4-3-5-13(16)14(12)17/h3-10H,1-2H3. The number of aromatic nitrogens is 1. The van der Waals surface area contributed by atoms with Gasteiger partial charge in [0.05, 0.1) is 16.6 Å². The quantitative estimate of drug-likeness (QED) is 0.823. The Balaban J connectivity index is 2.27. The van der Waals surface area contributed by atoms with Crippen LogP contribution < -0.4 is 0 Å². The molecule has 0 aliphatic rings. The number of halogens is 2. The highest BCUT2D eigenvalue weighted by Gasteiger charge is 2.21. The van der Waals surface area contributed by atoms with E-state index in [0.29, 0.717) is 10.6 Å². The van der Waals surface area contributed by atoms with Crippen molar-refractivity contribution in [3.8, 4) is 0 Å². The van der Waals surface area contributed by atoms with E-state index in [-0.39, 0.29) is 11.9 Å². The molecular formula is C15H14BrClN2O. The van der Waals surface area contributed by atoms with Crippen molar-refractivity contribution in [2.24, 2.45) is 0 Å². The molecular weight excluding hydrogens is 340 g/mol. The van der Waals surface area contributed by atoms with E-state index >= 15 is 0 Å². The van der Waals surface area contributed by atoms with Crippen molar-refractivity contribution >= 4 is 33.4 Å². The summed E-state index contributed by atoms with van der Waals surface area (Å²) in [6.45, 7) is 1.97. The maximum absolute atomic E-state index is 12.5. The Kier molecular flexibility index (Phi) is 4.78. The Morgan fingerprint density at radius 1 is 1.30 bits per heavy atom. The first kappa shape index (κ1) is 15.0. The van der Waals surface area contributed by atoms with Gasteiger partial charge in [-0.2, -0.15) is 0 Å². The van der Waals surface area contributed by atoms with Crippen molar-refractivity contribution in [3.63, 3.8) is 0 Å². The Morgan fingerprint density at radius 2 is 1.95 bits per heavy atom. The lowest BCUT2D eigenvalue weighted by Crippen LogP contribution is -2.29. The van der Waals surface area contributed by atoms with Crippen LogP contribution in [0.15, 0.2) is 47.2 Å². The SMILES string of the molecule is CC(c1ccncc1)N(C)C(=O)c1cccc(Br)c1Cl. The van der Waals surface area contributed by atoms with Crippen molar-refractivity contribution in [3.05, 3.63) is 63.3 Å². The lowest BCUT2D eigenvalue weighted by molar-refractivity contribution is 0.0742. The predicted octanol–water partition coefficient (Wildman–Crippen LogP) is 4.33. The predicted molar refractivity (Wildman–Crippen MR) is 83.9 cm³/mol. The summed E-state index contributed by atoms with van der Waals surface area (Å²) in [4.78, 5) is 18.2. The lowest BCUT2D eigenvalue weighted by Gasteiger charge is -2.25. The third kappa shape index (κ3) is 3.02. The second-order valence-electron chi connectivity index (χ2n) is 4.47. The number of carbonyl (C=O) groups excluding carboxylic acids is 1. The van der Waals surface area contributed by atoms with E-state index in [4.69, 9.17) is 11.6 Å². The molecule has 1 aromatic carbocycles. The Bertz CT molecular complexity index is 619. The van der Waals surface area contributed by atoms with Gasteiger partial charge >= 0.3 is 0 Å². The molecule has 0 fully saturated rings. The van der Waals surface area contributed by atoms with Crippen LogP contribution in [0, 0.1) is 0 Å². The first-order valence-corrected chi connectivity index (χ1v) is 7.30. The van der Waals surface area contributed by atoms with E-state index in [1.54, 1.807) is 36.5 Å². The van der Waals surface area contributed by atoms with Gasteiger partial charge in [-0.1, -0.05) is 17.7 Å². The number of benzene rings is 1. The summed E-state index contributed by atoms with van der Waals surface area (Å²) in [5.74, 6) is -0.111. The van der Waals surface area contributed by atoms with Crippen molar-refractivity contribution in [2.75, 3.05) is 7.05 Å². The number of hydrogen-bond acceptors (Lipinski definition) is 2. The van der Waals surface area contributed by atoms with E-state index < -0.39 is 0 Å². The fourth-order valence-corrected chi connectivity index (χ4v) is 2.47. The molecule has 1 heterocycles.